The summed E-state index contributed by atoms with van der Waals surface area (Å²) < 4.78 is 1.09. The molecule has 2 fully saturated rings. The highest BCUT2D eigenvalue weighted by molar-refractivity contribution is 9.10. The number of hydrogen-bond donors (Lipinski definition) is 1. The van der Waals surface area contributed by atoms with Gasteiger partial charge in [-0.2, -0.15) is 0 Å². The average molecular weight is 324 g/mol. The smallest absolute Gasteiger partial charge is 0.144 e. The van der Waals surface area contributed by atoms with Crippen LogP contribution in [0.15, 0.2) is 4.47 Å². The van der Waals surface area contributed by atoms with Gasteiger partial charge in [-0.3, -0.25) is 0 Å². The summed E-state index contributed by atoms with van der Waals surface area (Å²) in [7, 11) is 0. The number of aromatic nitrogens is 2. The van der Waals surface area contributed by atoms with E-state index in [1.54, 1.807) is 0 Å². The van der Waals surface area contributed by atoms with Crippen molar-refractivity contribution < 1.29 is 0 Å². The molecule has 0 saturated heterocycles. The Labute approximate surface area is 123 Å². The lowest BCUT2D eigenvalue weighted by molar-refractivity contribution is 0.427. The zero-order chi connectivity index (χ0) is 13.2. The van der Waals surface area contributed by atoms with Crippen LogP contribution in [-0.2, 0) is 0 Å². The van der Waals surface area contributed by atoms with Gasteiger partial charge in [-0.25, -0.2) is 9.97 Å². The molecule has 1 aromatic heterocycles. The van der Waals surface area contributed by atoms with Crippen molar-refractivity contribution in [1.82, 2.24) is 9.97 Å². The normalized spacial score (nSPS) is 20.5. The first-order valence-electron chi connectivity index (χ1n) is 7.60. The first kappa shape index (κ1) is 13.3. The van der Waals surface area contributed by atoms with E-state index >= 15 is 0 Å². The van der Waals surface area contributed by atoms with Crippen LogP contribution in [0.4, 0.5) is 5.82 Å². The molecule has 0 radical (unpaired) electrons. The van der Waals surface area contributed by atoms with Gasteiger partial charge in [0.25, 0.3) is 0 Å². The Bertz CT molecular complexity index is 451. The predicted molar refractivity (Wildman–Crippen MR) is 81.7 cm³/mol. The van der Waals surface area contributed by atoms with E-state index in [0.29, 0.717) is 11.8 Å². The number of rotatable bonds is 4. The molecule has 1 N–H and O–H groups in total. The third-order valence-electron chi connectivity index (χ3n) is 4.17. The van der Waals surface area contributed by atoms with Crippen molar-refractivity contribution in [3.05, 3.63) is 16.0 Å². The fourth-order valence-corrected chi connectivity index (χ4v) is 3.58. The summed E-state index contributed by atoms with van der Waals surface area (Å²) in [5.74, 6) is 3.33. The lowest BCUT2D eigenvalue weighted by Crippen LogP contribution is -2.13. The minimum absolute atomic E-state index is 0.580. The second-order valence-corrected chi connectivity index (χ2v) is 6.56. The molecule has 3 nitrogen and oxygen atoms in total. The number of hydrogen-bond acceptors (Lipinski definition) is 3. The Kier molecular flexibility index (Phi) is 4.06. The Hall–Kier alpha value is -0.640. The highest BCUT2D eigenvalue weighted by Gasteiger charge is 2.30. The van der Waals surface area contributed by atoms with Crippen LogP contribution in [0.5, 0.6) is 0 Å². The van der Waals surface area contributed by atoms with Crippen LogP contribution in [0.3, 0.4) is 0 Å². The largest absolute Gasteiger partial charge is 0.369 e. The van der Waals surface area contributed by atoms with Gasteiger partial charge in [0.15, 0.2) is 0 Å². The maximum absolute atomic E-state index is 4.90. The molecule has 0 bridgehead atoms. The molecule has 0 aromatic carbocycles. The zero-order valence-corrected chi connectivity index (χ0v) is 13.2. The van der Waals surface area contributed by atoms with Crippen molar-refractivity contribution in [3.63, 3.8) is 0 Å². The fourth-order valence-electron chi connectivity index (χ4n) is 2.94. The molecule has 19 heavy (non-hydrogen) atoms. The van der Waals surface area contributed by atoms with Gasteiger partial charge in [0.1, 0.15) is 11.6 Å². The molecule has 1 aromatic rings. The summed E-state index contributed by atoms with van der Waals surface area (Å²) in [4.78, 5) is 9.69. The van der Waals surface area contributed by atoms with E-state index in [-0.39, 0.29) is 0 Å². The third-order valence-corrected chi connectivity index (χ3v) is 4.95. The van der Waals surface area contributed by atoms with Crippen LogP contribution in [0.2, 0.25) is 0 Å². The van der Waals surface area contributed by atoms with E-state index in [2.05, 4.69) is 28.2 Å². The summed E-state index contributed by atoms with van der Waals surface area (Å²) in [6, 6.07) is 0. The van der Waals surface area contributed by atoms with Crippen molar-refractivity contribution in [2.45, 2.75) is 63.7 Å². The molecule has 2 saturated carbocycles. The number of anilines is 1. The van der Waals surface area contributed by atoms with E-state index in [9.17, 15) is 0 Å². The highest BCUT2D eigenvalue weighted by Crippen LogP contribution is 2.44. The molecule has 0 spiro atoms. The minimum atomic E-state index is 0.580. The van der Waals surface area contributed by atoms with Crippen molar-refractivity contribution in [3.8, 4) is 0 Å². The molecule has 4 heteroatoms. The van der Waals surface area contributed by atoms with Gasteiger partial charge in [0, 0.05) is 18.4 Å². The van der Waals surface area contributed by atoms with E-state index in [0.717, 1.165) is 22.7 Å². The highest BCUT2D eigenvalue weighted by atomic mass is 79.9. The number of halogens is 1. The van der Waals surface area contributed by atoms with Gasteiger partial charge >= 0.3 is 0 Å². The lowest BCUT2D eigenvalue weighted by Gasteiger charge is -2.22. The summed E-state index contributed by atoms with van der Waals surface area (Å²) in [6.07, 6.45) is 9.13. The van der Waals surface area contributed by atoms with Gasteiger partial charge in [0.05, 0.1) is 10.2 Å². The van der Waals surface area contributed by atoms with Crippen molar-refractivity contribution in [2.24, 2.45) is 0 Å². The van der Waals surface area contributed by atoms with E-state index in [1.165, 1.54) is 50.6 Å². The second kappa shape index (κ2) is 5.78. The summed E-state index contributed by atoms with van der Waals surface area (Å²) in [6.45, 7) is 3.02. The molecule has 2 aliphatic rings. The molecule has 2 aliphatic carbocycles. The van der Waals surface area contributed by atoms with Crippen LogP contribution in [0.1, 0.15) is 75.2 Å². The first-order chi connectivity index (χ1) is 9.29. The summed E-state index contributed by atoms with van der Waals surface area (Å²) in [5, 5.41) is 3.38. The number of nitrogens with zero attached hydrogens (tertiary/aromatic N) is 2. The van der Waals surface area contributed by atoms with Gasteiger partial charge in [0.2, 0.25) is 0 Å². The lowest BCUT2D eigenvalue weighted by atomic mass is 9.88. The molecule has 1 heterocycles. The van der Waals surface area contributed by atoms with Crippen LogP contribution in [-0.4, -0.2) is 16.5 Å². The van der Waals surface area contributed by atoms with Crippen LogP contribution in [0, 0.1) is 0 Å². The van der Waals surface area contributed by atoms with Crippen molar-refractivity contribution in [2.75, 3.05) is 11.9 Å². The summed E-state index contributed by atoms with van der Waals surface area (Å²) in [5.41, 5.74) is 1.24. The molecular formula is C15H22BrN3. The number of nitrogens with one attached hydrogen (secondary N) is 1. The zero-order valence-electron chi connectivity index (χ0n) is 11.6. The third kappa shape index (κ3) is 2.93. The first-order valence-corrected chi connectivity index (χ1v) is 8.40. The van der Waals surface area contributed by atoms with Gasteiger partial charge in [-0.15, -0.1) is 0 Å². The van der Waals surface area contributed by atoms with Crippen LogP contribution < -0.4 is 5.32 Å². The Morgan fingerprint density at radius 3 is 2.42 bits per heavy atom. The maximum Gasteiger partial charge on any atom is 0.144 e. The molecule has 3 rings (SSSR count). The van der Waals surface area contributed by atoms with E-state index in [1.807, 2.05) is 0 Å². The molecule has 104 valence electrons. The quantitative estimate of drug-likeness (QED) is 0.880. The topological polar surface area (TPSA) is 37.8 Å². The molecule has 0 unspecified atom stereocenters. The fraction of sp³-hybridized carbons (Fsp3) is 0.733. The molecular weight excluding hydrogens is 302 g/mol. The Morgan fingerprint density at radius 2 is 1.79 bits per heavy atom. The standard InChI is InChI=1S/C15H22BrN3/c1-2-17-15-12(16)13(10-8-9-10)18-14(19-15)11-6-4-3-5-7-11/h10-11H,2-9H2,1H3,(H,17,18,19). The van der Waals surface area contributed by atoms with E-state index < -0.39 is 0 Å². The average Bonchev–Trinajstić information content (AvgIpc) is 3.27. The second-order valence-electron chi connectivity index (χ2n) is 5.77. The predicted octanol–water partition coefficient (Wildman–Crippen LogP) is 4.60. The Balaban J connectivity index is 1.93. The molecule has 0 atom stereocenters. The molecule has 0 aliphatic heterocycles. The summed E-state index contributed by atoms with van der Waals surface area (Å²) >= 11 is 3.69. The maximum atomic E-state index is 4.90. The van der Waals surface area contributed by atoms with Crippen molar-refractivity contribution >= 4 is 21.7 Å². The molecule has 0 amide bonds. The Morgan fingerprint density at radius 1 is 1.05 bits per heavy atom. The van der Waals surface area contributed by atoms with Gasteiger partial charge in [-0.05, 0) is 48.5 Å². The minimum Gasteiger partial charge on any atom is -0.369 e. The monoisotopic (exact) mass is 323 g/mol. The van der Waals surface area contributed by atoms with Crippen LogP contribution in [0.25, 0.3) is 0 Å². The van der Waals surface area contributed by atoms with Gasteiger partial charge < -0.3 is 5.32 Å². The van der Waals surface area contributed by atoms with E-state index in [4.69, 9.17) is 9.97 Å². The SMILES string of the molecule is CCNc1nc(C2CCCCC2)nc(C2CC2)c1Br. The van der Waals surface area contributed by atoms with Crippen molar-refractivity contribution in [1.29, 1.82) is 0 Å². The van der Waals surface area contributed by atoms with Crippen LogP contribution >= 0.6 is 15.9 Å². The van der Waals surface area contributed by atoms with Gasteiger partial charge in [-0.1, -0.05) is 19.3 Å².